The molecule has 1 unspecified atom stereocenters. The fourth-order valence-electron chi connectivity index (χ4n) is 3.96. The predicted octanol–water partition coefficient (Wildman–Crippen LogP) is 4.66. The molecule has 0 aliphatic rings. The van der Waals surface area contributed by atoms with Gasteiger partial charge in [-0.05, 0) is 50.3 Å². The molecule has 3 aromatic rings. The van der Waals surface area contributed by atoms with Gasteiger partial charge in [0.05, 0.1) is 11.3 Å². The fraction of sp³-hybridized carbons (Fsp3) is 0.391. The molecule has 0 aliphatic carbocycles. The second kappa shape index (κ2) is 7.55. The number of nitrogens with zero attached hydrogens (tertiary/aromatic N) is 2. The molecule has 4 heteroatoms. The number of amides is 1. The van der Waals surface area contributed by atoms with Crippen LogP contribution in [0.1, 0.15) is 48.8 Å². The van der Waals surface area contributed by atoms with Crippen LogP contribution in [0.4, 0.5) is 0 Å². The maximum atomic E-state index is 13.1. The SMILES string of the molecule is Cc1nc2c(ccn2C)cc1C(=O)NC(C)(Cc1ccccc1)CC(C)C. The number of nitrogens with one attached hydrogen (secondary N) is 1. The van der Waals surface area contributed by atoms with Crippen molar-refractivity contribution in [3.8, 4) is 0 Å². The van der Waals surface area contributed by atoms with Crippen LogP contribution in [0.25, 0.3) is 11.0 Å². The summed E-state index contributed by atoms with van der Waals surface area (Å²) in [6.07, 6.45) is 3.68. The first-order valence-electron chi connectivity index (χ1n) is 9.56. The van der Waals surface area contributed by atoms with Crippen LogP contribution < -0.4 is 5.32 Å². The Morgan fingerprint density at radius 3 is 2.59 bits per heavy atom. The first-order valence-corrected chi connectivity index (χ1v) is 9.56. The maximum Gasteiger partial charge on any atom is 0.253 e. The van der Waals surface area contributed by atoms with E-state index in [0.717, 1.165) is 29.6 Å². The highest BCUT2D eigenvalue weighted by Gasteiger charge is 2.29. The third kappa shape index (κ3) is 4.38. The summed E-state index contributed by atoms with van der Waals surface area (Å²) >= 11 is 0. The van der Waals surface area contributed by atoms with Crippen LogP contribution in [0.3, 0.4) is 0 Å². The van der Waals surface area contributed by atoms with Crippen LogP contribution in [0.15, 0.2) is 48.7 Å². The van der Waals surface area contributed by atoms with Gasteiger partial charge in [0, 0.05) is 24.2 Å². The van der Waals surface area contributed by atoms with E-state index in [-0.39, 0.29) is 11.4 Å². The van der Waals surface area contributed by atoms with Crippen LogP contribution >= 0.6 is 0 Å². The second-order valence-electron chi connectivity index (χ2n) is 8.24. The third-order valence-electron chi connectivity index (χ3n) is 4.99. The third-order valence-corrected chi connectivity index (χ3v) is 4.99. The van der Waals surface area contributed by atoms with Crippen LogP contribution in [0.5, 0.6) is 0 Å². The quantitative estimate of drug-likeness (QED) is 0.692. The van der Waals surface area contributed by atoms with E-state index in [4.69, 9.17) is 0 Å². The van der Waals surface area contributed by atoms with E-state index in [1.165, 1.54) is 5.56 Å². The summed E-state index contributed by atoms with van der Waals surface area (Å²) in [7, 11) is 1.97. The second-order valence-corrected chi connectivity index (χ2v) is 8.24. The number of carbonyl (C=O) groups is 1. The lowest BCUT2D eigenvalue weighted by molar-refractivity contribution is 0.0893. The molecule has 2 heterocycles. The van der Waals surface area contributed by atoms with Gasteiger partial charge in [-0.3, -0.25) is 4.79 Å². The predicted molar refractivity (Wildman–Crippen MR) is 111 cm³/mol. The van der Waals surface area contributed by atoms with Crippen molar-refractivity contribution in [2.24, 2.45) is 13.0 Å². The summed E-state index contributed by atoms with van der Waals surface area (Å²) in [6, 6.07) is 14.3. The van der Waals surface area contributed by atoms with Gasteiger partial charge < -0.3 is 9.88 Å². The summed E-state index contributed by atoms with van der Waals surface area (Å²) in [6.45, 7) is 8.43. The maximum absolute atomic E-state index is 13.1. The zero-order valence-corrected chi connectivity index (χ0v) is 16.9. The van der Waals surface area contributed by atoms with Crippen molar-refractivity contribution in [2.75, 3.05) is 0 Å². The van der Waals surface area contributed by atoms with Gasteiger partial charge in [-0.1, -0.05) is 44.2 Å². The molecule has 0 saturated carbocycles. The van der Waals surface area contributed by atoms with Gasteiger partial charge in [0.2, 0.25) is 0 Å². The van der Waals surface area contributed by atoms with Gasteiger partial charge in [0.25, 0.3) is 5.91 Å². The molecule has 0 spiro atoms. The van der Waals surface area contributed by atoms with Gasteiger partial charge >= 0.3 is 0 Å². The van der Waals surface area contributed by atoms with E-state index < -0.39 is 0 Å². The molecule has 4 nitrogen and oxygen atoms in total. The number of benzene rings is 1. The highest BCUT2D eigenvalue weighted by atomic mass is 16.1. The molecule has 2 aromatic heterocycles. The molecule has 1 N–H and O–H groups in total. The highest BCUT2D eigenvalue weighted by Crippen LogP contribution is 2.24. The smallest absolute Gasteiger partial charge is 0.253 e. The number of rotatable bonds is 6. The van der Waals surface area contributed by atoms with Gasteiger partial charge in [0.15, 0.2) is 0 Å². The summed E-state index contributed by atoms with van der Waals surface area (Å²) < 4.78 is 1.97. The average molecular weight is 364 g/mol. The van der Waals surface area contributed by atoms with Crippen molar-refractivity contribution >= 4 is 16.9 Å². The Balaban J connectivity index is 1.89. The molecule has 1 aromatic carbocycles. The van der Waals surface area contributed by atoms with Crippen LogP contribution in [0.2, 0.25) is 0 Å². The largest absolute Gasteiger partial charge is 0.346 e. The zero-order valence-electron chi connectivity index (χ0n) is 16.9. The van der Waals surface area contributed by atoms with E-state index in [2.05, 4.69) is 43.2 Å². The molecule has 1 amide bonds. The molecule has 0 bridgehead atoms. The number of hydrogen-bond acceptors (Lipinski definition) is 2. The number of carbonyl (C=O) groups excluding carboxylic acids is 1. The Morgan fingerprint density at radius 1 is 1.22 bits per heavy atom. The monoisotopic (exact) mass is 363 g/mol. The Labute approximate surface area is 161 Å². The lowest BCUT2D eigenvalue weighted by Crippen LogP contribution is -2.48. The summed E-state index contributed by atoms with van der Waals surface area (Å²) in [5.74, 6) is 0.430. The van der Waals surface area contributed by atoms with Gasteiger partial charge in [-0.25, -0.2) is 4.98 Å². The molecule has 1 atom stereocenters. The van der Waals surface area contributed by atoms with Crippen LogP contribution in [-0.4, -0.2) is 21.0 Å². The van der Waals surface area contributed by atoms with Gasteiger partial charge in [-0.15, -0.1) is 0 Å². The molecule has 142 valence electrons. The van der Waals surface area contributed by atoms with Gasteiger partial charge in [0.1, 0.15) is 5.65 Å². The topological polar surface area (TPSA) is 46.9 Å². The van der Waals surface area contributed by atoms with Crippen LogP contribution in [-0.2, 0) is 13.5 Å². The standard InChI is InChI=1S/C23H29N3O/c1-16(2)14-23(4,15-18-9-7-6-8-10-18)25-22(27)20-13-19-11-12-26(5)21(19)24-17(20)3/h6-13,16H,14-15H2,1-5H3,(H,25,27). The Morgan fingerprint density at radius 2 is 1.93 bits per heavy atom. The van der Waals surface area contributed by atoms with Crippen molar-refractivity contribution in [1.82, 2.24) is 14.9 Å². The summed E-state index contributed by atoms with van der Waals surface area (Å²) in [5, 5.41) is 4.30. The minimum absolute atomic E-state index is 0.0511. The summed E-state index contributed by atoms with van der Waals surface area (Å²) in [4.78, 5) is 17.8. The Kier molecular flexibility index (Phi) is 5.36. The Hall–Kier alpha value is -2.62. The lowest BCUT2D eigenvalue weighted by atomic mass is 9.84. The van der Waals surface area contributed by atoms with Crippen molar-refractivity contribution in [3.63, 3.8) is 0 Å². The van der Waals surface area contributed by atoms with Crippen molar-refractivity contribution in [3.05, 3.63) is 65.5 Å². The van der Waals surface area contributed by atoms with Crippen molar-refractivity contribution in [1.29, 1.82) is 0 Å². The fourth-order valence-corrected chi connectivity index (χ4v) is 3.96. The number of fused-ring (bicyclic) bond motifs is 1. The van der Waals surface area contributed by atoms with E-state index >= 15 is 0 Å². The van der Waals surface area contributed by atoms with Gasteiger partial charge in [-0.2, -0.15) is 0 Å². The first-order chi connectivity index (χ1) is 12.8. The van der Waals surface area contributed by atoms with E-state index in [1.807, 2.05) is 55.1 Å². The number of aromatic nitrogens is 2. The molecule has 3 rings (SSSR count). The zero-order chi connectivity index (χ0) is 19.6. The van der Waals surface area contributed by atoms with E-state index in [1.54, 1.807) is 0 Å². The molecule has 0 radical (unpaired) electrons. The molecule has 0 aliphatic heterocycles. The first kappa shape index (κ1) is 19.2. The average Bonchev–Trinajstić information content (AvgIpc) is 2.94. The molecule has 0 saturated heterocycles. The number of aryl methyl sites for hydroxylation is 2. The summed E-state index contributed by atoms with van der Waals surface area (Å²) in [5.41, 5.74) is 3.22. The lowest BCUT2D eigenvalue weighted by Gasteiger charge is -2.33. The molecular weight excluding hydrogens is 334 g/mol. The van der Waals surface area contributed by atoms with E-state index in [9.17, 15) is 4.79 Å². The molecular formula is C23H29N3O. The molecule has 0 fully saturated rings. The number of pyridine rings is 1. The van der Waals surface area contributed by atoms with Crippen molar-refractivity contribution in [2.45, 2.75) is 46.1 Å². The van der Waals surface area contributed by atoms with E-state index in [0.29, 0.717) is 11.5 Å². The normalized spacial score (nSPS) is 13.7. The van der Waals surface area contributed by atoms with Crippen molar-refractivity contribution < 1.29 is 4.79 Å². The minimum atomic E-state index is -0.315. The number of hydrogen-bond donors (Lipinski definition) is 1. The van der Waals surface area contributed by atoms with Crippen LogP contribution in [0, 0.1) is 12.8 Å². The Bertz CT molecular complexity index is 943. The minimum Gasteiger partial charge on any atom is -0.346 e. The highest BCUT2D eigenvalue weighted by molar-refractivity contribution is 5.98. The molecule has 27 heavy (non-hydrogen) atoms.